The van der Waals surface area contributed by atoms with Gasteiger partial charge in [-0.05, 0) is 44.4 Å². The minimum atomic E-state index is -0.774. The van der Waals surface area contributed by atoms with Crippen LogP contribution in [0.15, 0.2) is 33.5 Å². The van der Waals surface area contributed by atoms with Gasteiger partial charge in [0.05, 0.1) is 0 Å². The Kier molecular flexibility index (Phi) is 5.10. The molecule has 3 heterocycles. The predicted molar refractivity (Wildman–Crippen MR) is 104 cm³/mol. The van der Waals surface area contributed by atoms with E-state index in [4.69, 9.17) is 13.9 Å². The van der Waals surface area contributed by atoms with Crippen LogP contribution in [0, 0.1) is 6.92 Å². The number of nitrogens with zero attached hydrogens (tertiary/aromatic N) is 2. The van der Waals surface area contributed by atoms with E-state index in [1.165, 1.54) is 17.4 Å². The quantitative estimate of drug-likeness (QED) is 0.655. The lowest BCUT2D eigenvalue weighted by atomic mass is 10.1. The Morgan fingerprint density at radius 1 is 1.36 bits per heavy atom. The normalized spacial score (nSPS) is 17.6. The van der Waals surface area contributed by atoms with Crippen LogP contribution in [0.25, 0.3) is 11.0 Å². The third-order valence-electron chi connectivity index (χ3n) is 4.48. The summed E-state index contributed by atoms with van der Waals surface area (Å²) in [7, 11) is 0. The molecule has 0 spiro atoms. The standard InChI is InChI=1S/C19H19N3O5S/c1-10-8-16(23)27-15-9-12(5-6-13(10)15)26-11(2)17(24)20-19-22-21-18(28-19)14-4-3-7-25-14/h5-6,8-9,11,14H,3-4,7H2,1-2H3,(H,20,22,24)/t11-,14+/m1/s1. The van der Waals surface area contributed by atoms with Crippen molar-refractivity contribution in [3.05, 3.63) is 45.3 Å². The Balaban J connectivity index is 1.43. The number of hydrogen-bond acceptors (Lipinski definition) is 8. The van der Waals surface area contributed by atoms with Gasteiger partial charge in [-0.3, -0.25) is 10.1 Å². The van der Waals surface area contributed by atoms with Crippen LogP contribution in [0.3, 0.4) is 0 Å². The van der Waals surface area contributed by atoms with Gasteiger partial charge in [0, 0.05) is 24.1 Å². The summed E-state index contributed by atoms with van der Waals surface area (Å²) in [4.78, 5) is 24.0. The summed E-state index contributed by atoms with van der Waals surface area (Å²) in [5, 5.41) is 12.8. The van der Waals surface area contributed by atoms with E-state index in [-0.39, 0.29) is 12.0 Å². The van der Waals surface area contributed by atoms with Crippen LogP contribution >= 0.6 is 11.3 Å². The van der Waals surface area contributed by atoms with Crippen molar-refractivity contribution in [3.8, 4) is 5.75 Å². The lowest BCUT2D eigenvalue weighted by Gasteiger charge is -2.14. The molecule has 2 atom stereocenters. The molecule has 1 amide bonds. The van der Waals surface area contributed by atoms with Gasteiger partial charge in [0.1, 0.15) is 22.4 Å². The number of anilines is 1. The molecule has 0 radical (unpaired) electrons. The van der Waals surface area contributed by atoms with Crippen molar-refractivity contribution < 1.29 is 18.7 Å². The Labute approximate surface area is 164 Å². The van der Waals surface area contributed by atoms with Crippen molar-refractivity contribution in [1.82, 2.24) is 10.2 Å². The number of amides is 1. The fourth-order valence-corrected chi connectivity index (χ4v) is 3.86. The van der Waals surface area contributed by atoms with Crippen LogP contribution in [0.2, 0.25) is 0 Å². The molecular formula is C19H19N3O5S. The Hall–Kier alpha value is -2.78. The smallest absolute Gasteiger partial charge is 0.336 e. The maximum Gasteiger partial charge on any atom is 0.336 e. The molecule has 146 valence electrons. The molecule has 4 rings (SSSR count). The second-order valence-corrected chi connectivity index (χ2v) is 7.61. The minimum absolute atomic E-state index is 0.0347. The first-order valence-corrected chi connectivity index (χ1v) is 9.78. The van der Waals surface area contributed by atoms with Gasteiger partial charge in [0.2, 0.25) is 5.13 Å². The molecule has 0 aliphatic carbocycles. The summed E-state index contributed by atoms with van der Waals surface area (Å²) >= 11 is 1.30. The van der Waals surface area contributed by atoms with Gasteiger partial charge in [-0.1, -0.05) is 11.3 Å². The van der Waals surface area contributed by atoms with Crippen molar-refractivity contribution in [1.29, 1.82) is 0 Å². The highest BCUT2D eigenvalue weighted by molar-refractivity contribution is 7.15. The molecular weight excluding hydrogens is 382 g/mol. The number of carbonyl (C=O) groups excluding carboxylic acids is 1. The average molecular weight is 401 g/mol. The zero-order valence-corrected chi connectivity index (χ0v) is 16.2. The molecule has 9 heteroatoms. The highest BCUT2D eigenvalue weighted by Gasteiger charge is 2.23. The molecule has 28 heavy (non-hydrogen) atoms. The van der Waals surface area contributed by atoms with Gasteiger partial charge in [0.15, 0.2) is 6.10 Å². The number of fused-ring (bicyclic) bond motifs is 1. The van der Waals surface area contributed by atoms with Crippen molar-refractivity contribution >= 4 is 33.3 Å². The average Bonchev–Trinajstić information content (AvgIpc) is 3.32. The monoisotopic (exact) mass is 401 g/mol. The van der Waals surface area contributed by atoms with Crippen molar-refractivity contribution in [3.63, 3.8) is 0 Å². The Morgan fingerprint density at radius 2 is 2.21 bits per heavy atom. The molecule has 1 N–H and O–H groups in total. The van der Waals surface area contributed by atoms with E-state index in [2.05, 4.69) is 15.5 Å². The molecule has 3 aromatic rings. The number of hydrogen-bond donors (Lipinski definition) is 1. The highest BCUT2D eigenvalue weighted by Crippen LogP contribution is 2.32. The maximum atomic E-state index is 12.4. The van der Waals surface area contributed by atoms with Crippen LogP contribution < -0.4 is 15.7 Å². The molecule has 8 nitrogen and oxygen atoms in total. The SMILES string of the molecule is Cc1cc(=O)oc2cc(O[C@H](C)C(=O)Nc3nnc([C@@H]4CCCO4)s3)ccc12. The van der Waals surface area contributed by atoms with Gasteiger partial charge in [-0.2, -0.15) is 0 Å². The summed E-state index contributed by atoms with van der Waals surface area (Å²) in [6.07, 6.45) is 1.11. The van der Waals surface area contributed by atoms with E-state index in [0.717, 1.165) is 35.4 Å². The lowest BCUT2D eigenvalue weighted by molar-refractivity contribution is -0.122. The van der Waals surface area contributed by atoms with Crippen molar-refractivity contribution in [2.75, 3.05) is 11.9 Å². The van der Waals surface area contributed by atoms with E-state index in [0.29, 0.717) is 16.5 Å². The van der Waals surface area contributed by atoms with E-state index in [1.54, 1.807) is 25.1 Å². The third-order valence-corrected chi connectivity index (χ3v) is 5.41. The first-order chi connectivity index (χ1) is 13.5. The second kappa shape index (κ2) is 7.69. The maximum absolute atomic E-state index is 12.4. The van der Waals surface area contributed by atoms with Crippen LogP contribution in [0.5, 0.6) is 5.75 Å². The number of benzene rings is 1. The molecule has 1 saturated heterocycles. The zero-order valence-electron chi connectivity index (χ0n) is 15.4. The number of nitrogens with one attached hydrogen (secondary N) is 1. The molecule has 0 unspecified atom stereocenters. The number of rotatable bonds is 5. The molecule has 2 aromatic heterocycles. The Morgan fingerprint density at radius 3 is 3.00 bits per heavy atom. The molecule has 0 bridgehead atoms. The van der Waals surface area contributed by atoms with E-state index in [9.17, 15) is 9.59 Å². The number of aryl methyl sites for hydroxylation is 1. The first kappa shape index (κ1) is 18.6. The fourth-order valence-electron chi connectivity index (χ4n) is 3.03. The van der Waals surface area contributed by atoms with Crippen molar-refractivity contribution in [2.45, 2.75) is 38.9 Å². The lowest BCUT2D eigenvalue weighted by Crippen LogP contribution is -2.30. The van der Waals surface area contributed by atoms with Crippen molar-refractivity contribution in [2.24, 2.45) is 0 Å². The van der Waals surface area contributed by atoms with Gasteiger partial charge in [0.25, 0.3) is 5.91 Å². The van der Waals surface area contributed by atoms with Crippen LogP contribution in [0.1, 0.15) is 36.4 Å². The van der Waals surface area contributed by atoms with Crippen LogP contribution in [-0.2, 0) is 9.53 Å². The highest BCUT2D eigenvalue weighted by atomic mass is 32.1. The molecule has 1 fully saturated rings. The Bertz CT molecular complexity index is 1070. The van der Waals surface area contributed by atoms with E-state index < -0.39 is 11.7 Å². The van der Waals surface area contributed by atoms with Gasteiger partial charge in [-0.15, -0.1) is 10.2 Å². The zero-order chi connectivity index (χ0) is 19.7. The van der Waals surface area contributed by atoms with Gasteiger partial charge >= 0.3 is 5.63 Å². The number of ether oxygens (including phenoxy) is 2. The minimum Gasteiger partial charge on any atom is -0.481 e. The van der Waals surface area contributed by atoms with Gasteiger partial charge in [-0.25, -0.2) is 4.79 Å². The summed E-state index contributed by atoms with van der Waals surface area (Å²) < 4.78 is 16.5. The van der Waals surface area contributed by atoms with E-state index in [1.807, 2.05) is 6.92 Å². The number of aromatic nitrogens is 2. The molecule has 1 aromatic carbocycles. The molecule has 1 aliphatic rings. The van der Waals surface area contributed by atoms with Crippen LogP contribution in [0.4, 0.5) is 5.13 Å². The van der Waals surface area contributed by atoms with E-state index >= 15 is 0 Å². The predicted octanol–water partition coefficient (Wildman–Crippen LogP) is 3.21. The fraction of sp³-hybridized carbons (Fsp3) is 0.368. The second-order valence-electron chi connectivity index (χ2n) is 6.60. The number of carbonyl (C=O) groups is 1. The summed E-state index contributed by atoms with van der Waals surface area (Å²) in [6.45, 7) is 4.19. The summed E-state index contributed by atoms with van der Waals surface area (Å²) in [5.41, 5.74) is 0.814. The molecule has 0 saturated carbocycles. The van der Waals surface area contributed by atoms with Gasteiger partial charge < -0.3 is 13.9 Å². The molecule has 1 aliphatic heterocycles. The first-order valence-electron chi connectivity index (χ1n) is 8.96. The summed E-state index contributed by atoms with van der Waals surface area (Å²) in [6, 6.07) is 6.58. The summed E-state index contributed by atoms with van der Waals surface area (Å²) in [5.74, 6) is 0.0852. The largest absolute Gasteiger partial charge is 0.481 e. The topological polar surface area (TPSA) is 104 Å². The third kappa shape index (κ3) is 3.90. The van der Waals surface area contributed by atoms with Crippen LogP contribution in [-0.4, -0.2) is 28.8 Å².